The molecule has 19 heavy (non-hydrogen) atoms. The highest BCUT2D eigenvalue weighted by atomic mass is 16.3. The van der Waals surface area contributed by atoms with Crippen molar-refractivity contribution in [1.82, 2.24) is 0 Å². The van der Waals surface area contributed by atoms with Crippen molar-refractivity contribution < 1.29 is 15.3 Å². The summed E-state index contributed by atoms with van der Waals surface area (Å²) in [7, 11) is 0. The molecule has 0 amide bonds. The Hall–Kier alpha value is -1.22. The second-order valence-corrected chi connectivity index (χ2v) is 5.40. The molecule has 0 aliphatic carbocycles. The average molecular weight is 266 g/mol. The molecule has 1 aromatic carbocycles. The minimum Gasteiger partial charge on any atom is -0.504 e. The van der Waals surface area contributed by atoms with Gasteiger partial charge in [0.25, 0.3) is 0 Å². The van der Waals surface area contributed by atoms with Gasteiger partial charge in [-0.25, -0.2) is 0 Å². The zero-order valence-electron chi connectivity index (χ0n) is 12.0. The normalized spacial score (nSPS) is 14.3. The SMILES string of the molecule is CCCCCC(C)C(O)CCc1ccc(O)c(O)c1. The van der Waals surface area contributed by atoms with E-state index < -0.39 is 0 Å². The second-order valence-electron chi connectivity index (χ2n) is 5.40. The summed E-state index contributed by atoms with van der Waals surface area (Å²) in [4.78, 5) is 0. The number of unbranched alkanes of at least 4 members (excludes halogenated alkanes) is 2. The largest absolute Gasteiger partial charge is 0.504 e. The van der Waals surface area contributed by atoms with Crippen molar-refractivity contribution in [2.24, 2.45) is 5.92 Å². The van der Waals surface area contributed by atoms with Crippen LogP contribution in [0.1, 0.15) is 51.5 Å². The van der Waals surface area contributed by atoms with Gasteiger partial charge in [-0.05, 0) is 42.9 Å². The van der Waals surface area contributed by atoms with Gasteiger partial charge in [0, 0.05) is 0 Å². The molecule has 1 rings (SSSR count). The lowest BCUT2D eigenvalue weighted by Crippen LogP contribution is -2.18. The predicted molar refractivity (Wildman–Crippen MR) is 77.4 cm³/mol. The lowest BCUT2D eigenvalue weighted by molar-refractivity contribution is 0.102. The molecule has 0 saturated heterocycles. The maximum Gasteiger partial charge on any atom is 0.157 e. The first-order chi connectivity index (χ1) is 9.04. The number of phenolic OH excluding ortho intramolecular Hbond substituents is 2. The van der Waals surface area contributed by atoms with E-state index in [0.717, 1.165) is 12.0 Å². The zero-order valence-corrected chi connectivity index (χ0v) is 12.0. The van der Waals surface area contributed by atoms with Crippen molar-refractivity contribution in [2.45, 2.75) is 58.5 Å². The Balaban J connectivity index is 2.36. The molecule has 0 saturated carbocycles. The van der Waals surface area contributed by atoms with E-state index in [1.807, 2.05) is 0 Å². The van der Waals surface area contributed by atoms with Gasteiger partial charge in [0.15, 0.2) is 11.5 Å². The molecule has 3 N–H and O–H groups in total. The van der Waals surface area contributed by atoms with E-state index in [1.54, 1.807) is 12.1 Å². The summed E-state index contributed by atoms with van der Waals surface area (Å²) in [5.74, 6) is 0.123. The van der Waals surface area contributed by atoms with E-state index in [0.29, 0.717) is 18.8 Å². The molecule has 0 spiro atoms. The van der Waals surface area contributed by atoms with Crippen molar-refractivity contribution in [2.75, 3.05) is 0 Å². The van der Waals surface area contributed by atoms with Crippen molar-refractivity contribution in [3.63, 3.8) is 0 Å². The maximum atomic E-state index is 10.1. The van der Waals surface area contributed by atoms with Crippen molar-refractivity contribution in [3.8, 4) is 11.5 Å². The molecule has 2 atom stereocenters. The van der Waals surface area contributed by atoms with E-state index >= 15 is 0 Å². The highest BCUT2D eigenvalue weighted by Crippen LogP contribution is 2.26. The zero-order chi connectivity index (χ0) is 14.3. The molecule has 3 heteroatoms. The Morgan fingerprint density at radius 2 is 1.79 bits per heavy atom. The molecule has 0 fully saturated rings. The van der Waals surface area contributed by atoms with Crippen molar-refractivity contribution >= 4 is 0 Å². The average Bonchev–Trinajstić information content (AvgIpc) is 2.40. The summed E-state index contributed by atoms with van der Waals surface area (Å²) in [6, 6.07) is 4.83. The Morgan fingerprint density at radius 1 is 1.05 bits per heavy atom. The van der Waals surface area contributed by atoms with Crippen LogP contribution in [-0.2, 0) is 6.42 Å². The Kier molecular flexibility index (Phi) is 6.71. The van der Waals surface area contributed by atoms with Gasteiger partial charge in [-0.2, -0.15) is 0 Å². The summed E-state index contributed by atoms with van der Waals surface area (Å²) >= 11 is 0. The molecule has 0 aliphatic heterocycles. The number of hydrogen-bond acceptors (Lipinski definition) is 3. The number of aliphatic hydroxyl groups is 1. The Morgan fingerprint density at radius 3 is 2.42 bits per heavy atom. The summed E-state index contributed by atoms with van der Waals surface area (Å²) < 4.78 is 0. The third kappa shape index (κ3) is 5.52. The minimum absolute atomic E-state index is 0.0945. The molecule has 1 aromatic rings. The smallest absolute Gasteiger partial charge is 0.157 e. The van der Waals surface area contributed by atoms with Crippen LogP contribution in [-0.4, -0.2) is 21.4 Å². The second kappa shape index (κ2) is 8.05. The lowest BCUT2D eigenvalue weighted by atomic mass is 9.93. The number of rotatable bonds is 8. The van der Waals surface area contributed by atoms with Gasteiger partial charge in [-0.15, -0.1) is 0 Å². The van der Waals surface area contributed by atoms with Crippen LogP contribution in [0.2, 0.25) is 0 Å². The highest BCUT2D eigenvalue weighted by molar-refractivity contribution is 5.40. The molecule has 0 bridgehead atoms. The van der Waals surface area contributed by atoms with Gasteiger partial charge in [0.1, 0.15) is 0 Å². The van der Waals surface area contributed by atoms with Crippen LogP contribution in [0.3, 0.4) is 0 Å². The molecular formula is C16H26O3. The topological polar surface area (TPSA) is 60.7 Å². The number of aryl methyl sites for hydroxylation is 1. The van der Waals surface area contributed by atoms with Gasteiger partial charge in [-0.1, -0.05) is 39.2 Å². The Bertz CT molecular complexity index is 376. The fourth-order valence-corrected chi connectivity index (χ4v) is 2.23. The first-order valence-electron chi connectivity index (χ1n) is 7.23. The van der Waals surface area contributed by atoms with Crippen LogP contribution in [0.5, 0.6) is 11.5 Å². The molecule has 3 nitrogen and oxygen atoms in total. The van der Waals surface area contributed by atoms with Crippen molar-refractivity contribution in [3.05, 3.63) is 23.8 Å². The van der Waals surface area contributed by atoms with Crippen LogP contribution in [0.15, 0.2) is 18.2 Å². The number of hydrogen-bond donors (Lipinski definition) is 3. The molecule has 0 aliphatic rings. The van der Waals surface area contributed by atoms with Gasteiger partial charge >= 0.3 is 0 Å². The quantitative estimate of drug-likeness (QED) is 0.497. The van der Waals surface area contributed by atoms with Crippen LogP contribution in [0.25, 0.3) is 0 Å². The van der Waals surface area contributed by atoms with Crippen LogP contribution in [0.4, 0.5) is 0 Å². The fourth-order valence-electron chi connectivity index (χ4n) is 2.23. The molecule has 0 heterocycles. The summed E-state index contributed by atoms with van der Waals surface area (Å²) in [6.07, 6.45) is 5.78. The lowest BCUT2D eigenvalue weighted by Gasteiger charge is -2.18. The molecule has 0 radical (unpaired) electrons. The third-order valence-electron chi connectivity index (χ3n) is 3.69. The summed E-state index contributed by atoms with van der Waals surface area (Å²) in [6.45, 7) is 4.27. The number of aromatic hydroxyl groups is 2. The summed E-state index contributed by atoms with van der Waals surface area (Å²) in [5, 5.41) is 28.7. The number of benzene rings is 1. The van der Waals surface area contributed by atoms with Crippen molar-refractivity contribution in [1.29, 1.82) is 0 Å². The van der Waals surface area contributed by atoms with E-state index in [2.05, 4.69) is 13.8 Å². The number of aliphatic hydroxyl groups excluding tert-OH is 1. The summed E-state index contributed by atoms with van der Waals surface area (Å²) in [5.41, 5.74) is 0.940. The monoisotopic (exact) mass is 266 g/mol. The Labute approximate surface area is 115 Å². The molecule has 0 aromatic heterocycles. The standard InChI is InChI=1S/C16H26O3/c1-3-4-5-6-12(2)14(17)9-7-13-8-10-15(18)16(19)11-13/h8,10-12,14,17-19H,3-7,9H2,1-2H3. The van der Waals surface area contributed by atoms with E-state index in [4.69, 9.17) is 0 Å². The van der Waals surface area contributed by atoms with Gasteiger partial charge in [0.2, 0.25) is 0 Å². The van der Waals surface area contributed by atoms with E-state index in [9.17, 15) is 15.3 Å². The van der Waals surface area contributed by atoms with Crippen LogP contribution >= 0.6 is 0 Å². The third-order valence-corrected chi connectivity index (χ3v) is 3.69. The molecule has 108 valence electrons. The fraction of sp³-hybridized carbons (Fsp3) is 0.625. The van der Waals surface area contributed by atoms with Gasteiger partial charge in [-0.3, -0.25) is 0 Å². The van der Waals surface area contributed by atoms with Crippen LogP contribution < -0.4 is 0 Å². The number of phenols is 2. The van der Waals surface area contributed by atoms with E-state index in [1.165, 1.54) is 25.3 Å². The van der Waals surface area contributed by atoms with Crippen LogP contribution in [0, 0.1) is 5.92 Å². The minimum atomic E-state index is -0.298. The molecular weight excluding hydrogens is 240 g/mol. The highest BCUT2D eigenvalue weighted by Gasteiger charge is 2.14. The van der Waals surface area contributed by atoms with E-state index in [-0.39, 0.29) is 17.6 Å². The predicted octanol–water partition coefficient (Wildman–Crippen LogP) is 3.61. The molecule has 2 unspecified atom stereocenters. The first-order valence-corrected chi connectivity index (χ1v) is 7.23. The maximum absolute atomic E-state index is 10.1. The van der Waals surface area contributed by atoms with Gasteiger partial charge < -0.3 is 15.3 Å². The first kappa shape index (κ1) is 15.8. The van der Waals surface area contributed by atoms with Gasteiger partial charge in [0.05, 0.1) is 6.10 Å².